The molecule has 0 fully saturated rings. The summed E-state index contributed by atoms with van der Waals surface area (Å²) < 4.78 is 72.8. The fourth-order valence-corrected chi connectivity index (χ4v) is 3.96. The molecule has 0 unspecified atom stereocenters. The highest BCUT2D eigenvalue weighted by Crippen LogP contribution is 2.27. The highest BCUT2D eigenvalue weighted by atomic mass is 35.5. The molecule has 0 aliphatic heterocycles. The van der Waals surface area contributed by atoms with E-state index in [1.165, 1.54) is 12.1 Å². The molecular weight excluding hydrogens is 622 g/mol. The number of halogens is 7. The van der Waals surface area contributed by atoms with Crippen LogP contribution in [0.4, 0.5) is 26.3 Å². The second-order valence-corrected chi connectivity index (χ2v) is 9.52. The number of hydrogen-bond donors (Lipinski definition) is 3. The van der Waals surface area contributed by atoms with Crippen LogP contribution in [0.1, 0.15) is 27.3 Å². The number of aromatic amines is 1. The number of hydrogen-bond acceptors (Lipinski definition) is 6. The first-order valence-corrected chi connectivity index (χ1v) is 12.8. The molecule has 234 valence electrons. The summed E-state index contributed by atoms with van der Waals surface area (Å²) in [6.07, 6.45) is -9.43. The predicted octanol–water partition coefficient (Wildman–Crippen LogP) is 6.60. The maximum atomic E-state index is 12.4. The number of aromatic carboxylic acids is 1. The first-order valence-electron chi connectivity index (χ1n) is 12.5. The first-order chi connectivity index (χ1) is 20.6. The summed E-state index contributed by atoms with van der Waals surface area (Å²) in [4.78, 5) is 22.4. The summed E-state index contributed by atoms with van der Waals surface area (Å²) in [6, 6.07) is 20.9. The number of nitrogens with zero attached hydrogens (tertiary/aromatic N) is 3. The Morgan fingerprint density at radius 1 is 0.795 bits per heavy atom. The van der Waals surface area contributed by atoms with E-state index < -0.39 is 24.5 Å². The van der Waals surface area contributed by atoms with Crippen LogP contribution in [0.3, 0.4) is 0 Å². The number of rotatable bonds is 10. The van der Waals surface area contributed by atoms with Crippen LogP contribution in [0.5, 0.6) is 5.75 Å². The van der Waals surface area contributed by atoms with Crippen molar-refractivity contribution in [2.24, 2.45) is 0 Å². The SMILES string of the molecule is O=C(O)C(F)(F)F.O=C(O)c1n[nH]nc1CCN(Cc1ccc(Cl)cc1)Cc1ccc(-c2ccc(OC(F)(F)F)cc2)cc1. The van der Waals surface area contributed by atoms with Gasteiger partial charge in [-0.1, -0.05) is 60.1 Å². The molecule has 3 aromatic carbocycles. The van der Waals surface area contributed by atoms with Crippen LogP contribution in [0.15, 0.2) is 72.8 Å². The van der Waals surface area contributed by atoms with Gasteiger partial charge >= 0.3 is 24.5 Å². The van der Waals surface area contributed by atoms with Gasteiger partial charge in [-0.15, -0.1) is 18.3 Å². The number of nitrogens with one attached hydrogen (secondary N) is 1. The van der Waals surface area contributed by atoms with Crippen LogP contribution in [-0.2, 0) is 24.3 Å². The topological polar surface area (TPSA) is 129 Å². The van der Waals surface area contributed by atoms with Gasteiger partial charge in [0, 0.05) is 31.1 Å². The van der Waals surface area contributed by atoms with Crippen molar-refractivity contribution >= 4 is 23.5 Å². The average molecular weight is 645 g/mol. The number of benzene rings is 3. The van der Waals surface area contributed by atoms with Crippen LogP contribution < -0.4 is 4.74 Å². The van der Waals surface area contributed by atoms with Crippen molar-refractivity contribution in [1.82, 2.24) is 20.3 Å². The summed E-state index contributed by atoms with van der Waals surface area (Å²) in [6.45, 7) is 1.69. The minimum absolute atomic E-state index is 0.0950. The maximum absolute atomic E-state index is 12.4. The summed E-state index contributed by atoms with van der Waals surface area (Å²) in [5.41, 5.74) is 3.94. The molecule has 44 heavy (non-hydrogen) atoms. The zero-order valence-electron chi connectivity index (χ0n) is 22.4. The van der Waals surface area contributed by atoms with Crippen LogP contribution in [-0.4, -0.2) is 61.5 Å². The quantitative estimate of drug-likeness (QED) is 0.165. The molecule has 9 nitrogen and oxygen atoms in total. The van der Waals surface area contributed by atoms with Crippen molar-refractivity contribution in [3.05, 3.63) is 100 Å². The Bertz CT molecular complexity index is 1530. The maximum Gasteiger partial charge on any atom is 0.573 e. The van der Waals surface area contributed by atoms with Gasteiger partial charge in [-0.3, -0.25) is 4.90 Å². The Hall–Kier alpha value is -4.63. The minimum atomic E-state index is -5.08. The lowest BCUT2D eigenvalue weighted by molar-refractivity contribution is -0.274. The molecule has 4 rings (SSSR count). The smallest absolute Gasteiger partial charge is 0.476 e. The number of carboxylic acid groups (broad SMARTS) is 2. The van der Waals surface area contributed by atoms with Crippen LogP contribution >= 0.6 is 11.6 Å². The van der Waals surface area contributed by atoms with E-state index in [-0.39, 0.29) is 11.4 Å². The molecule has 0 radical (unpaired) electrons. The second-order valence-electron chi connectivity index (χ2n) is 9.08. The number of alkyl halides is 6. The van der Waals surface area contributed by atoms with Crippen LogP contribution in [0.25, 0.3) is 11.1 Å². The molecule has 0 aliphatic carbocycles. The van der Waals surface area contributed by atoms with Gasteiger partial charge in [-0.25, -0.2) is 9.59 Å². The van der Waals surface area contributed by atoms with E-state index in [0.29, 0.717) is 36.8 Å². The Morgan fingerprint density at radius 3 is 1.73 bits per heavy atom. The molecule has 1 aromatic heterocycles. The molecule has 0 bridgehead atoms. The van der Waals surface area contributed by atoms with Gasteiger partial charge in [-0.2, -0.15) is 23.5 Å². The van der Waals surface area contributed by atoms with Gasteiger partial charge in [0.05, 0.1) is 5.69 Å². The normalized spacial score (nSPS) is 11.5. The van der Waals surface area contributed by atoms with Gasteiger partial charge in [0.15, 0.2) is 5.69 Å². The first kappa shape index (κ1) is 33.9. The van der Waals surface area contributed by atoms with Crippen molar-refractivity contribution in [3.63, 3.8) is 0 Å². The monoisotopic (exact) mass is 644 g/mol. The molecule has 3 N–H and O–H groups in total. The van der Waals surface area contributed by atoms with E-state index in [1.807, 2.05) is 48.5 Å². The minimum Gasteiger partial charge on any atom is -0.476 e. The highest BCUT2D eigenvalue weighted by Gasteiger charge is 2.38. The number of ether oxygens (including phenoxy) is 1. The number of aliphatic carboxylic acids is 1. The third-order valence-corrected chi connectivity index (χ3v) is 6.08. The van der Waals surface area contributed by atoms with Crippen molar-refractivity contribution in [2.45, 2.75) is 32.0 Å². The number of carboxylic acids is 2. The molecule has 16 heteroatoms. The largest absolute Gasteiger partial charge is 0.573 e. The summed E-state index contributed by atoms with van der Waals surface area (Å²) in [5.74, 6) is -4.17. The Balaban J connectivity index is 0.000000676. The van der Waals surface area contributed by atoms with E-state index in [0.717, 1.165) is 22.3 Å². The number of H-pyrrole nitrogens is 1. The fourth-order valence-electron chi connectivity index (χ4n) is 3.83. The van der Waals surface area contributed by atoms with E-state index >= 15 is 0 Å². The number of carbonyl (C=O) groups is 2. The van der Waals surface area contributed by atoms with E-state index in [2.05, 4.69) is 25.0 Å². The Labute approximate surface area is 250 Å². The molecular formula is C28H23ClF6N4O5. The highest BCUT2D eigenvalue weighted by molar-refractivity contribution is 6.30. The van der Waals surface area contributed by atoms with Crippen molar-refractivity contribution in [3.8, 4) is 16.9 Å². The van der Waals surface area contributed by atoms with Crippen molar-refractivity contribution in [1.29, 1.82) is 0 Å². The molecule has 1 heterocycles. The molecule has 4 aromatic rings. The molecule has 0 saturated carbocycles. The van der Waals surface area contributed by atoms with Gasteiger partial charge < -0.3 is 14.9 Å². The number of aromatic nitrogens is 3. The van der Waals surface area contributed by atoms with Gasteiger partial charge in [-0.05, 0) is 46.5 Å². The lowest BCUT2D eigenvalue weighted by Crippen LogP contribution is -2.26. The van der Waals surface area contributed by atoms with Gasteiger partial charge in [0.1, 0.15) is 5.75 Å². The fraction of sp³-hybridized carbons (Fsp3) is 0.214. The van der Waals surface area contributed by atoms with Gasteiger partial charge in [0.2, 0.25) is 0 Å². The summed E-state index contributed by atoms with van der Waals surface area (Å²) in [5, 5.41) is 27.1. The Kier molecular flexibility index (Phi) is 11.3. The molecule has 0 amide bonds. The van der Waals surface area contributed by atoms with Crippen LogP contribution in [0.2, 0.25) is 5.02 Å². The molecule has 0 saturated heterocycles. The average Bonchev–Trinajstić information content (AvgIpc) is 3.42. The van der Waals surface area contributed by atoms with Crippen molar-refractivity contribution in [2.75, 3.05) is 6.54 Å². The Morgan fingerprint density at radius 2 is 1.27 bits per heavy atom. The molecule has 0 aliphatic rings. The second kappa shape index (κ2) is 14.7. The summed E-state index contributed by atoms with van der Waals surface area (Å²) in [7, 11) is 0. The third kappa shape index (κ3) is 10.9. The zero-order valence-corrected chi connectivity index (χ0v) is 23.1. The predicted molar refractivity (Wildman–Crippen MR) is 145 cm³/mol. The van der Waals surface area contributed by atoms with Crippen molar-refractivity contribution < 1.29 is 50.9 Å². The molecule has 0 spiro atoms. The van der Waals surface area contributed by atoms with E-state index in [4.69, 9.17) is 21.5 Å². The van der Waals surface area contributed by atoms with Gasteiger partial charge in [0.25, 0.3) is 0 Å². The van der Waals surface area contributed by atoms with Crippen LogP contribution in [0, 0.1) is 0 Å². The van der Waals surface area contributed by atoms with E-state index in [9.17, 15) is 36.2 Å². The van der Waals surface area contributed by atoms with E-state index in [1.54, 1.807) is 12.1 Å². The summed E-state index contributed by atoms with van der Waals surface area (Å²) >= 11 is 6.01. The third-order valence-electron chi connectivity index (χ3n) is 5.83. The lowest BCUT2D eigenvalue weighted by atomic mass is 10.0. The standard InChI is InChI=1S/C26H22ClF3N4O3.C2HF3O2/c27-21-9-3-18(4-10-21)16-34(14-13-23-24(25(35)36)32-33-31-23)15-17-1-5-19(6-2-17)20-7-11-22(12-8-20)37-26(28,29)30;3-2(4,5)1(6)7/h1-12H,13-16H2,(H,35,36)(H,31,32,33);(H,6,7). The molecule has 0 atom stereocenters. The zero-order chi connectivity index (χ0) is 32.5. The lowest BCUT2D eigenvalue weighted by Gasteiger charge is -2.22.